The van der Waals surface area contributed by atoms with Gasteiger partial charge in [0.05, 0.1) is 18.4 Å². The number of benzene rings is 1. The third-order valence-electron chi connectivity index (χ3n) is 3.91. The molecule has 9 heteroatoms. The fourth-order valence-corrected chi connectivity index (χ4v) is 3.07. The molecule has 3 aromatic rings. The van der Waals surface area contributed by atoms with Crippen LogP contribution in [0.15, 0.2) is 44.8 Å². The van der Waals surface area contributed by atoms with E-state index in [4.69, 9.17) is 9.15 Å². The summed E-state index contributed by atoms with van der Waals surface area (Å²) in [6.07, 6.45) is 2.44. The number of nitrogens with one attached hydrogen (secondary N) is 2. The Morgan fingerprint density at radius 2 is 2.00 bits per heavy atom. The Labute approximate surface area is 148 Å². The molecule has 0 fully saturated rings. The number of aromatic amines is 1. The minimum Gasteiger partial charge on any atom is -0.493 e. The Bertz CT molecular complexity index is 1170. The molecule has 0 spiro atoms. The van der Waals surface area contributed by atoms with Gasteiger partial charge in [0.2, 0.25) is 14.9 Å². The normalized spacial score (nSPS) is 11.5. The molecule has 0 bridgehead atoms. The van der Waals surface area contributed by atoms with Crippen molar-refractivity contribution in [2.45, 2.75) is 12.0 Å². The maximum Gasteiger partial charge on any atom is 0.256 e. The maximum atomic E-state index is 12.7. The molecule has 26 heavy (non-hydrogen) atoms. The molecule has 0 aliphatic carbocycles. The first-order valence-corrected chi connectivity index (χ1v) is 9.41. The van der Waals surface area contributed by atoms with Crippen molar-refractivity contribution in [3.63, 3.8) is 0 Å². The average molecular weight is 376 g/mol. The number of amides is 1. The number of aromatic nitrogens is 1. The summed E-state index contributed by atoms with van der Waals surface area (Å²) in [5.41, 5.74) is 0.747. The summed E-state index contributed by atoms with van der Waals surface area (Å²) in [4.78, 5) is 26.9. The van der Waals surface area contributed by atoms with E-state index in [1.54, 1.807) is 13.0 Å². The van der Waals surface area contributed by atoms with E-state index in [-0.39, 0.29) is 21.8 Å². The minimum atomic E-state index is -3.60. The van der Waals surface area contributed by atoms with Gasteiger partial charge >= 0.3 is 0 Å². The van der Waals surface area contributed by atoms with Crippen molar-refractivity contribution in [2.75, 3.05) is 18.7 Å². The third kappa shape index (κ3) is 3.08. The lowest BCUT2D eigenvalue weighted by Gasteiger charge is -2.09. The molecule has 3 rings (SSSR count). The number of H-pyrrole nitrogens is 1. The Balaban J connectivity index is 2.12. The van der Waals surface area contributed by atoms with E-state index < -0.39 is 15.7 Å². The smallest absolute Gasteiger partial charge is 0.256 e. The summed E-state index contributed by atoms with van der Waals surface area (Å²) < 4.78 is 34.1. The molecular formula is C17H16N2O6S. The van der Waals surface area contributed by atoms with Crippen molar-refractivity contribution in [2.24, 2.45) is 0 Å². The van der Waals surface area contributed by atoms with E-state index >= 15 is 0 Å². The molecule has 1 amide bonds. The quantitative estimate of drug-likeness (QED) is 0.720. The number of hydrogen-bond acceptors (Lipinski definition) is 6. The number of methoxy groups -OCH3 is 1. The van der Waals surface area contributed by atoms with Gasteiger partial charge in [0.15, 0.2) is 11.3 Å². The Morgan fingerprint density at radius 3 is 2.65 bits per heavy atom. The third-order valence-corrected chi connectivity index (χ3v) is 4.84. The number of fused-ring (bicyclic) bond motifs is 1. The highest BCUT2D eigenvalue weighted by atomic mass is 32.2. The number of rotatable bonds is 4. The van der Waals surface area contributed by atoms with Gasteiger partial charge in [-0.3, -0.25) is 9.59 Å². The summed E-state index contributed by atoms with van der Waals surface area (Å²) in [5.74, 6) is -0.203. The lowest BCUT2D eigenvalue weighted by molar-refractivity contribution is 0.102. The van der Waals surface area contributed by atoms with Crippen LogP contribution >= 0.6 is 0 Å². The molecule has 1 aromatic carbocycles. The lowest BCUT2D eigenvalue weighted by Crippen LogP contribution is -2.17. The predicted octanol–water partition coefficient (Wildman–Crippen LogP) is 2.09. The summed E-state index contributed by atoms with van der Waals surface area (Å²) in [6, 6.07) is 5.86. The van der Waals surface area contributed by atoms with Crippen LogP contribution in [0, 0.1) is 6.92 Å². The Hall–Kier alpha value is -3.07. The molecule has 0 aliphatic rings. The van der Waals surface area contributed by atoms with Crippen LogP contribution < -0.4 is 15.6 Å². The molecule has 2 heterocycles. The van der Waals surface area contributed by atoms with Crippen molar-refractivity contribution in [1.29, 1.82) is 0 Å². The minimum absolute atomic E-state index is 0.156. The van der Waals surface area contributed by atoms with E-state index in [1.165, 1.54) is 31.5 Å². The summed E-state index contributed by atoms with van der Waals surface area (Å²) in [5, 5.41) is 2.68. The molecule has 0 saturated heterocycles. The van der Waals surface area contributed by atoms with E-state index in [0.29, 0.717) is 22.4 Å². The number of hydrogen-bond donors (Lipinski definition) is 2. The van der Waals surface area contributed by atoms with Gasteiger partial charge in [0, 0.05) is 29.5 Å². The van der Waals surface area contributed by atoms with Gasteiger partial charge in [0.25, 0.3) is 11.5 Å². The predicted molar refractivity (Wildman–Crippen MR) is 95.6 cm³/mol. The molecule has 0 unspecified atom stereocenters. The fourth-order valence-electron chi connectivity index (χ4n) is 2.50. The van der Waals surface area contributed by atoms with Gasteiger partial charge < -0.3 is 19.5 Å². The highest BCUT2D eigenvalue weighted by molar-refractivity contribution is 7.90. The topological polar surface area (TPSA) is 118 Å². The molecule has 136 valence electrons. The first-order valence-electron chi connectivity index (χ1n) is 7.52. The molecular weight excluding hydrogens is 360 g/mol. The highest BCUT2D eigenvalue weighted by Crippen LogP contribution is 2.33. The number of anilines is 1. The van der Waals surface area contributed by atoms with E-state index in [1.807, 2.05) is 0 Å². The van der Waals surface area contributed by atoms with Crippen LogP contribution in [-0.2, 0) is 9.84 Å². The van der Waals surface area contributed by atoms with Gasteiger partial charge in [-0.25, -0.2) is 8.42 Å². The van der Waals surface area contributed by atoms with Gasteiger partial charge in [-0.2, -0.15) is 0 Å². The zero-order valence-electron chi connectivity index (χ0n) is 14.2. The Morgan fingerprint density at radius 1 is 1.27 bits per heavy atom. The number of carbonyl (C=O) groups is 1. The van der Waals surface area contributed by atoms with Crippen molar-refractivity contribution in [1.82, 2.24) is 4.98 Å². The first kappa shape index (κ1) is 17.7. The maximum absolute atomic E-state index is 12.7. The fraction of sp³-hybridized carbons (Fsp3) is 0.176. The molecule has 8 nitrogen and oxygen atoms in total. The van der Waals surface area contributed by atoms with Crippen LogP contribution in [0.1, 0.15) is 15.9 Å². The van der Waals surface area contributed by atoms with E-state index in [9.17, 15) is 18.0 Å². The van der Waals surface area contributed by atoms with Crippen LogP contribution in [0.4, 0.5) is 5.69 Å². The SMILES string of the molecule is COc1ccc(C(=O)Nc2cc[nH]c(=O)c2C)c2cc(S(C)(=O)=O)oc12. The number of furan rings is 1. The second-order valence-electron chi connectivity index (χ2n) is 5.70. The Kier molecular flexibility index (Phi) is 4.33. The summed E-state index contributed by atoms with van der Waals surface area (Å²) in [6.45, 7) is 1.58. The van der Waals surface area contributed by atoms with Crippen LogP contribution in [0.5, 0.6) is 5.75 Å². The van der Waals surface area contributed by atoms with Crippen molar-refractivity contribution >= 4 is 32.4 Å². The second-order valence-corrected chi connectivity index (χ2v) is 7.64. The summed E-state index contributed by atoms with van der Waals surface area (Å²) in [7, 11) is -2.19. The number of sulfone groups is 1. The zero-order chi connectivity index (χ0) is 19.1. The van der Waals surface area contributed by atoms with Crippen LogP contribution in [-0.4, -0.2) is 32.7 Å². The molecule has 0 saturated carbocycles. The summed E-state index contributed by atoms with van der Waals surface area (Å²) >= 11 is 0. The van der Waals surface area contributed by atoms with Crippen LogP contribution in [0.25, 0.3) is 11.0 Å². The van der Waals surface area contributed by atoms with Gasteiger partial charge in [-0.15, -0.1) is 0 Å². The molecule has 0 aliphatic heterocycles. The number of carbonyl (C=O) groups excluding carboxylic acids is 1. The van der Waals surface area contributed by atoms with Crippen molar-refractivity contribution in [3.8, 4) is 5.75 Å². The van der Waals surface area contributed by atoms with Crippen LogP contribution in [0.3, 0.4) is 0 Å². The second kappa shape index (κ2) is 6.34. The molecule has 2 aromatic heterocycles. The van der Waals surface area contributed by atoms with Gasteiger partial charge in [-0.05, 0) is 25.1 Å². The van der Waals surface area contributed by atoms with E-state index in [2.05, 4.69) is 10.3 Å². The van der Waals surface area contributed by atoms with Crippen LogP contribution in [0.2, 0.25) is 0 Å². The highest BCUT2D eigenvalue weighted by Gasteiger charge is 2.22. The van der Waals surface area contributed by atoms with Crippen molar-refractivity contribution < 1.29 is 22.4 Å². The van der Waals surface area contributed by atoms with Gasteiger partial charge in [0.1, 0.15) is 0 Å². The lowest BCUT2D eigenvalue weighted by atomic mass is 10.1. The molecule has 2 N–H and O–H groups in total. The molecule has 0 atom stereocenters. The number of pyridine rings is 1. The van der Waals surface area contributed by atoms with Crippen molar-refractivity contribution in [3.05, 3.63) is 51.9 Å². The monoisotopic (exact) mass is 376 g/mol. The zero-order valence-corrected chi connectivity index (χ0v) is 15.1. The largest absolute Gasteiger partial charge is 0.493 e. The number of ether oxygens (including phenoxy) is 1. The van der Waals surface area contributed by atoms with Gasteiger partial charge in [-0.1, -0.05) is 0 Å². The standard InChI is InChI=1S/C17H16N2O6S/c1-9-12(6-7-18-16(9)20)19-17(21)10-4-5-13(24-2)15-11(10)8-14(25-15)26(3,22)23/h4-8H,1-3H3,(H2,18,19,20,21). The first-order chi connectivity index (χ1) is 12.2. The van der Waals surface area contributed by atoms with E-state index in [0.717, 1.165) is 6.26 Å². The molecule has 0 radical (unpaired) electrons. The average Bonchev–Trinajstić information content (AvgIpc) is 3.03.